The van der Waals surface area contributed by atoms with Crippen LogP contribution in [-0.2, 0) is 21.2 Å². The van der Waals surface area contributed by atoms with Crippen LogP contribution in [0.4, 0.5) is 5.13 Å². The molecule has 5 rings (SSSR count). The number of carbonyl (C=O) groups is 1. The summed E-state index contributed by atoms with van der Waals surface area (Å²) >= 11 is 1.50. The maximum Gasteiger partial charge on any atom is 0.260 e. The highest BCUT2D eigenvalue weighted by molar-refractivity contribution is 7.89. The minimum atomic E-state index is -3.52. The summed E-state index contributed by atoms with van der Waals surface area (Å²) in [4.78, 5) is 20.4. The van der Waals surface area contributed by atoms with Crippen molar-refractivity contribution < 1.29 is 17.9 Å². The number of para-hydroxylation sites is 1. The van der Waals surface area contributed by atoms with Gasteiger partial charge >= 0.3 is 0 Å². The molecule has 9 heteroatoms. The minimum Gasteiger partial charge on any atom is -0.376 e. The fourth-order valence-electron chi connectivity index (χ4n) is 4.64. The van der Waals surface area contributed by atoms with Crippen LogP contribution < -0.4 is 4.90 Å². The summed E-state index contributed by atoms with van der Waals surface area (Å²) < 4.78 is 34.1. The molecule has 0 bridgehead atoms. The first-order valence-electron chi connectivity index (χ1n) is 11.9. The molecule has 3 aromatic rings. The van der Waals surface area contributed by atoms with E-state index in [1.54, 1.807) is 29.2 Å². The lowest BCUT2D eigenvalue weighted by molar-refractivity contribution is 0.0917. The van der Waals surface area contributed by atoms with Gasteiger partial charge in [0.1, 0.15) is 0 Å². The average molecular weight is 500 g/mol. The van der Waals surface area contributed by atoms with Crippen molar-refractivity contribution in [3.63, 3.8) is 0 Å². The SMILES string of the molecule is CCc1cccc2sc(N(CC3CCCO3)C(=O)c3ccc(S(=O)(=O)N4CCCC4)cc3)nc12. The van der Waals surface area contributed by atoms with Crippen LogP contribution >= 0.6 is 11.3 Å². The number of amides is 1. The molecule has 34 heavy (non-hydrogen) atoms. The van der Waals surface area contributed by atoms with Crippen molar-refractivity contribution in [1.82, 2.24) is 9.29 Å². The van der Waals surface area contributed by atoms with Gasteiger partial charge in [0, 0.05) is 25.3 Å². The van der Waals surface area contributed by atoms with Gasteiger partial charge in [0.25, 0.3) is 5.91 Å². The number of ether oxygens (including phenoxy) is 1. The Morgan fingerprint density at radius 2 is 1.91 bits per heavy atom. The van der Waals surface area contributed by atoms with Crippen molar-refractivity contribution in [1.29, 1.82) is 0 Å². The smallest absolute Gasteiger partial charge is 0.260 e. The lowest BCUT2D eigenvalue weighted by atomic mass is 10.1. The number of hydrogen-bond donors (Lipinski definition) is 0. The molecule has 1 unspecified atom stereocenters. The normalized spacial score (nSPS) is 19.1. The molecule has 0 N–H and O–H groups in total. The predicted molar refractivity (Wildman–Crippen MR) is 134 cm³/mol. The molecule has 3 heterocycles. The first-order chi connectivity index (χ1) is 16.5. The lowest BCUT2D eigenvalue weighted by Gasteiger charge is -2.23. The molecule has 1 aromatic heterocycles. The summed E-state index contributed by atoms with van der Waals surface area (Å²) in [5.41, 5.74) is 2.52. The van der Waals surface area contributed by atoms with Crippen LogP contribution in [-0.4, -0.2) is 56.0 Å². The first kappa shape index (κ1) is 23.4. The van der Waals surface area contributed by atoms with Crippen LogP contribution in [0.5, 0.6) is 0 Å². The number of fused-ring (bicyclic) bond motifs is 1. The monoisotopic (exact) mass is 499 g/mol. The second-order valence-electron chi connectivity index (χ2n) is 8.80. The molecule has 0 spiro atoms. The van der Waals surface area contributed by atoms with Crippen molar-refractivity contribution in [2.45, 2.75) is 50.0 Å². The second-order valence-corrected chi connectivity index (χ2v) is 11.7. The van der Waals surface area contributed by atoms with E-state index < -0.39 is 10.0 Å². The predicted octanol–water partition coefficient (Wildman–Crippen LogP) is 4.47. The molecular weight excluding hydrogens is 470 g/mol. The van der Waals surface area contributed by atoms with Gasteiger partial charge in [0.05, 0.1) is 27.8 Å². The number of thiazole rings is 1. The summed E-state index contributed by atoms with van der Waals surface area (Å²) in [6, 6.07) is 12.4. The van der Waals surface area contributed by atoms with E-state index in [1.807, 2.05) is 12.1 Å². The highest BCUT2D eigenvalue weighted by Crippen LogP contribution is 2.33. The minimum absolute atomic E-state index is 0.0311. The number of benzene rings is 2. The third-order valence-corrected chi connectivity index (χ3v) is 9.52. The number of rotatable bonds is 7. The van der Waals surface area contributed by atoms with E-state index >= 15 is 0 Å². The zero-order valence-electron chi connectivity index (χ0n) is 19.3. The van der Waals surface area contributed by atoms with Crippen molar-refractivity contribution in [3.8, 4) is 0 Å². The maximum atomic E-state index is 13.7. The number of carbonyl (C=O) groups excluding carboxylic acids is 1. The molecule has 1 atom stereocenters. The van der Waals surface area contributed by atoms with E-state index in [9.17, 15) is 13.2 Å². The largest absolute Gasteiger partial charge is 0.376 e. The number of sulfonamides is 1. The van der Waals surface area contributed by atoms with Crippen LogP contribution in [0.25, 0.3) is 10.2 Å². The fourth-order valence-corrected chi connectivity index (χ4v) is 7.18. The molecule has 1 amide bonds. The summed E-state index contributed by atoms with van der Waals surface area (Å²) in [6.07, 6.45) is 4.49. The first-order valence-corrected chi connectivity index (χ1v) is 14.1. The van der Waals surface area contributed by atoms with E-state index in [0.29, 0.717) is 36.9 Å². The van der Waals surface area contributed by atoms with Crippen molar-refractivity contribution in [2.75, 3.05) is 31.1 Å². The van der Waals surface area contributed by atoms with E-state index in [-0.39, 0.29) is 16.9 Å². The molecule has 2 fully saturated rings. The number of hydrogen-bond acceptors (Lipinski definition) is 6. The van der Waals surface area contributed by atoms with Crippen LogP contribution in [0.2, 0.25) is 0 Å². The zero-order valence-corrected chi connectivity index (χ0v) is 20.9. The maximum absolute atomic E-state index is 13.7. The lowest BCUT2D eigenvalue weighted by Crippen LogP contribution is -2.37. The Hall–Kier alpha value is -2.33. The molecule has 0 saturated carbocycles. The molecule has 2 saturated heterocycles. The van der Waals surface area contributed by atoms with Gasteiger partial charge in [-0.05, 0) is 68.0 Å². The number of nitrogens with zero attached hydrogens (tertiary/aromatic N) is 3. The summed E-state index contributed by atoms with van der Waals surface area (Å²) in [5, 5.41) is 0.644. The molecule has 2 aliphatic heterocycles. The van der Waals surface area contributed by atoms with Crippen LogP contribution in [0.15, 0.2) is 47.4 Å². The summed E-state index contributed by atoms with van der Waals surface area (Å²) in [5.74, 6) is -0.197. The van der Waals surface area contributed by atoms with E-state index in [4.69, 9.17) is 9.72 Å². The Bertz CT molecular complexity index is 1280. The number of aromatic nitrogens is 1. The molecule has 0 radical (unpaired) electrons. The van der Waals surface area contributed by atoms with Crippen molar-refractivity contribution >= 4 is 42.6 Å². The Kier molecular flexibility index (Phi) is 6.70. The quantitative estimate of drug-likeness (QED) is 0.479. The van der Waals surface area contributed by atoms with Gasteiger partial charge in [0.15, 0.2) is 5.13 Å². The van der Waals surface area contributed by atoms with Gasteiger partial charge in [-0.3, -0.25) is 9.69 Å². The molecule has 0 aliphatic carbocycles. The van der Waals surface area contributed by atoms with Gasteiger partial charge in [-0.25, -0.2) is 13.4 Å². The molecular formula is C25H29N3O4S2. The molecule has 2 aliphatic rings. The highest BCUT2D eigenvalue weighted by Gasteiger charge is 2.29. The zero-order chi connectivity index (χ0) is 23.7. The molecule has 2 aromatic carbocycles. The van der Waals surface area contributed by atoms with Gasteiger partial charge in [-0.15, -0.1) is 0 Å². The van der Waals surface area contributed by atoms with E-state index in [2.05, 4.69) is 13.0 Å². The highest BCUT2D eigenvalue weighted by atomic mass is 32.2. The van der Waals surface area contributed by atoms with Crippen LogP contribution in [0, 0.1) is 0 Å². The number of aryl methyl sites for hydroxylation is 1. The van der Waals surface area contributed by atoms with Gasteiger partial charge in [0.2, 0.25) is 10.0 Å². The van der Waals surface area contributed by atoms with Crippen molar-refractivity contribution in [2.24, 2.45) is 0 Å². The molecule has 7 nitrogen and oxygen atoms in total. The topological polar surface area (TPSA) is 79.8 Å². The second kappa shape index (κ2) is 9.73. The Labute approximate surface area is 204 Å². The van der Waals surface area contributed by atoms with E-state index in [1.165, 1.54) is 15.6 Å². The third kappa shape index (κ3) is 4.49. The fraction of sp³-hybridized carbons (Fsp3) is 0.440. The Balaban J connectivity index is 1.46. The Morgan fingerprint density at radius 1 is 1.15 bits per heavy atom. The van der Waals surface area contributed by atoms with Crippen molar-refractivity contribution in [3.05, 3.63) is 53.6 Å². The van der Waals surface area contributed by atoms with Gasteiger partial charge < -0.3 is 4.74 Å². The molecule has 180 valence electrons. The standard InChI is InChI=1S/C25H29N3O4S2/c1-2-18-7-5-9-22-23(18)26-25(33-22)28(17-20-8-6-16-32-20)24(29)19-10-12-21(13-11-19)34(30,31)27-14-3-4-15-27/h5,7,9-13,20H,2-4,6,8,14-17H2,1H3. The average Bonchev–Trinajstić information content (AvgIpc) is 3.63. The third-order valence-electron chi connectivity index (χ3n) is 6.56. The summed E-state index contributed by atoms with van der Waals surface area (Å²) in [7, 11) is -3.52. The summed E-state index contributed by atoms with van der Waals surface area (Å²) in [6.45, 7) is 4.33. The number of anilines is 1. The van der Waals surface area contributed by atoms with Crippen LogP contribution in [0.3, 0.4) is 0 Å². The van der Waals surface area contributed by atoms with Crippen LogP contribution in [0.1, 0.15) is 48.5 Å². The van der Waals surface area contributed by atoms with E-state index in [0.717, 1.165) is 47.9 Å². The van der Waals surface area contributed by atoms with Gasteiger partial charge in [-0.1, -0.05) is 30.4 Å². The Morgan fingerprint density at radius 3 is 2.59 bits per heavy atom. The van der Waals surface area contributed by atoms with Gasteiger partial charge in [-0.2, -0.15) is 4.31 Å².